The summed E-state index contributed by atoms with van der Waals surface area (Å²) in [5.41, 5.74) is 0.908. The van der Waals surface area contributed by atoms with E-state index < -0.39 is 12.5 Å². The second-order valence-corrected chi connectivity index (χ2v) is 6.55. The number of hydrogen-bond donors (Lipinski definition) is 1. The Hall–Kier alpha value is -2.87. The first kappa shape index (κ1) is 20.4. The first-order chi connectivity index (χ1) is 12.8. The average molecular weight is 392 g/mol. The molecule has 0 heterocycles. The Morgan fingerprint density at radius 1 is 1.11 bits per heavy atom. The number of nitrogens with zero attached hydrogens (tertiary/aromatic N) is 1. The summed E-state index contributed by atoms with van der Waals surface area (Å²) in [7, 11) is 3.33. The summed E-state index contributed by atoms with van der Waals surface area (Å²) >= 11 is 1.08. The van der Waals surface area contributed by atoms with Crippen molar-refractivity contribution in [3.05, 3.63) is 60.2 Å². The molecule has 1 N–H and O–H groups in total. The van der Waals surface area contributed by atoms with Crippen LogP contribution in [0.25, 0.3) is 6.08 Å². The number of anilines is 1. The van der Waals surface area contributed by atoms with Gasteiger partial charge in [-0.25, -0.2) is 0 Å². The molecular formula is C19H18F2N2O3S. The maximum absolute atomic E-state index is 12.4. The Morgan fingerprint density at radius 3 is 2.41 bits per heavy atom. The highest BCUT2D eigenvalue weighted by Gasteiger charge is 2.08. The molecule has 0 spiro atoms. The lowest BCUT2D eigenvalue weighted by atomic mass is 10.2. The van der Waals surface area contributed by atoms with E-state index >= 15 is 0 Å². The number of amides is 2. The van der Waals surface area contributed by atoms with E-state index in [0.29, 0.717) is 11.3 Å². The number of benzene rings is 2. The fourth-order valence-electron chi connectivity index (χ4n) is 1.97. The molecule has 2 aromatic rings. The number of halogens is 2. The van der Waals surface area contributed by atoms with Crippen LogP contribution < -0.4 is 10.1 Å². The quantitative estimate of drug-likeness (QED) is 0.571. The second-order valence-electron chi connectivity index (χ2n) is 5.53. The molecule has 2 amide bonds. The number of ether oxygens (including phenoxy) is 1. The Bertz CT molecular complexity index is 824. The summed E-state index contributed by atoms with van der Waals surface area (Å²) in [5.74, 6) is -0.435. The minimum atomic E-state index is -2.94. The zero-order valence-corrected chi connectivity index (χ0v) is 15.5. The predicted molar refractivity (Wildman–Crippen MR) is 102 cm³/mol. The van der Waals surface area contributed by atoms with Gasteiger partial charge in [-0.1, -0.05) is 18.2 Å². The molecule has 27 heavy (non-hydrogen) atoms. The van der Waals surface area contributed by atoms with Crippen molar-refractivity contribution in [2.24, 2.45) is 0 Å². The first-order valence-electron chi connectivity index (χ1n) is 7.87. The highest BCUT2D eigenvalue weighted by Crippen LogP contribution is 2.23. The molecule has 0 bridgehead atoms. The number of thioether (sulfide) groups is 1. The highest BCUT2D eigenvalue weighted by molar-refractivity contribution is 8.13. The molecule has 0 fully saturated rings. The van der Waals surface area contributed by atoms with Gasteiger partial charge in [0.15, 0.2) is 0 Å². The van der Waals surface area contributed by atoms with Gasteiger partial charge in [0.1, 0.15) is 5.75 Å². The van der Waals surface area contributed by atoms with E-state index in [1.54, 1.807) is 56.6 Å². The summed E-state index contributed by atoms with van der Waals surface area (Å²) in [6.07, 6.45) is 2.62. The van der Waals surface area contributed by atoms with E-state index in [-0.39, 0.29) is 11.0 Å². The Morgan fingerprint density at radius 2 is 1.78 bits per heavy atom. The van der Waals surface area contributed by atoms with Gasteiger partial charge in [-0.2, -0.15) is 8.78 Å². The van der Waals surface area contributed by atoms with Gasteiger partial charge in [0.2, 0.25) is 5.91 Å². The van der Waals surface area contributed by atoms with Crippen LogP contribution in [0.5, 0.6) is 5.75 Å². The van der Waals surface area contributed by atoms with Crippen molar-refractivity contribution in [1.82, 2.24) is 4.90 Å². The number of alkyl halides is 2. The van der Waals surface area contributed by atoms with Crippen LogP contribution in [0.1, 0.15) is 5.56 Å². The van der Waals surface area contributed by atoms with Crippen LogP contribution in [0, 0.1) is 0 Å². The molecule has 142 valence electrons. The van der Waals surface area contributed by atoms with Crippen LogP contribution in [-0.2, 0) is 4.79 Å². The predicted octanol–water partition coefficient (Wildman–Crippen LogP) is 4.71. The van der Waals surface area contributed by atoms with Crippen LogP contribution >= 0.6 is 11.8 Å². The van der Waals surface area contributed by atoms with Crippen molar-refractivity contribution in [1.29, 1.82) is 0 Å². The standard InChI is InChI=1S/C19H18F2N2O3S/c1-23(2)19(25)27-15-10-8-14(9-11-15)22-17(24)12-7-13-5-3-4-6-16(13)26-18(20)21/h3-12,18H,1-2H3,(H,22,24). The van der Waals surface area contributed by atoms with Gasteiger partial charge in [0.25, 0.3) is 5.24 Å². The van der Waals surface area contributed by atoms with Crippen molar-refractivity contribution in [2.45, 2.75) is 11.5 Å². The smallest absolute Gasteiger partial charge is 0.387 e. The van der Waals surface area contributed by atoms with Crippen molar-refractivity contribution in [3.63, 3.8) is 0 Å². The fraction of sp³-hybridized carbons (Fsp3) is 0.158. The van der Waals surface area contributed by atoms with E-state index in [1.807, 2.05) is 0 Å². The molecular weight excluding hydrogens is 374 g/mol. The van der Waals surface area contributed by atoms with Crippen molar-refractivity contribution in [2.75, 3.05) is 19.4 Å². The third-order valence-electron chi connectivity index (χ3n) is 3.24. The summed E-state index contributed by atoms with van der Waals surface area (Å²) in [5, 5.41) is 2.56. The van der Waals surface area contributed by atoms with E-state index in [9.17, 15) is 18.4 Å². The van der Waals surface area contributed by atoms with Crippen molar-refractivity contribution in [3.8, 4) is 5.75 Å². The normalized spacial score (nSPS) is 10.9. The van der Waals surface area contributed by atoms with Crippen LogP contribution in [0.4, 0.5) is 19.3 Å². The highest BCUT2D eigenvalue weighted by atomic mass is 32.2. The molecule has 5 nitrogen and oxygen atoms in total. The monoisotopic (exact) mass is 392 g/mol. The molecule has 0 saturated carbocycles. The van der Waals surface area contributed by atoms with Gasteiger partial charge < -0.3 is 15.0 Å². The van der Waals surface area contributed by atoms with Gasteiger partial charge in [-0.3, -0.25) is 9.59 Å². The van der Waals surface area contributed by atoms with E-state index in [4.69, 9.17) is 0 Å². The molecule has 8 heteroatoms. The van der Waals surface area contributed by atoms with Crippen molar-refractivity contribution >= 4 is 34.7 Å². The molecule has 2 rings (SSSR count). The SMILES string of the molecule is CN(C)C(=O)Sc1ccc(NC(=O)C=Cc2ccccc2OC(F)F)cc1. The molecule has 0 aliphatic rings. The number of carbonyl (C=O) groups is 2. The zero-order valence-electron chi connectivity index (χ0n) is 14.7. The Labute approximate surface area is 160 Å². The second kappa shape index (κ2) is 9.72. The van der Waals surface area contributed by atoms with Gasteiger partial charge in [0, 0.05) is 36.3 Å². The van der Waals surface area contributed by atoms with Crippen LogP contribution in [0.3, 0.4) is 0 Å². The Kier molecular flexibility index (Phi) is 7.36. The van der Waals surface area contributed by atoms with E-state index in [0.717, 1.165) is 16.7 Å². The minimum absolute atomic E-state index is 0.0107. The third kappa shape index (κ3) is 6.74. The zero-order chi connectivity index (χ0) is 19.8. The molecule has 0 saturated heterocycles. The van der Waals surface area contributed by atoms with Gasteiger partial charge >= 0.3 is 6.61 Å². The minimum Gasteiger partial charge on any atom is -0.434 e. The van der Waals surface area contributed by atoms with Gasteiger partial charge in [-0.05, 0) is 48.2 Å². The van der Waals surface area contributed by atoms with E-state index in [2.05, 4.69) is 10.1 Å². The van der Waals surface area contributed by atoms with Crippen molar-refractivity contribution < 1.29 is 23.1 Å². The topological polar surface area (TPSA) is 58.6 Å². The number of carbonyl (C=O) groups excluding carboxylic acids is 2. The van der Waals surface area contributed by atoms with Crippen LogP contribution in [-0.4, -0.2) is 36.8 Å². The lowest BCUT2D eigenvalue weighted by molar-refractivity contribution is -0.111. The lowest BCUT2D eigenvalue weighted by Gasteiger charge is -2.09. The molecule has 2 aromatic carbocycles. The summed E-state index contributed by atoms with van der Waals surface area (Å²) in [6, 6.07) is 13.0. The lowest BCUT2D eigenvalue weighted by Crippen LogP contribution is -2.16. The number of para-hydroxylation sites is 1. The van der Waals surface area contributed by atoms with Crippen LogP contribution in [0.15, 0.2) is 59.5 Å². The average Bonchev–Trinajstić information content (AvgIpc) is 2.62. The largest absolute Gasteiger partial charge is 0.434 e. The molecule has 0 aromatic heterocycles. The van der Waals surface area contributed by atoms with Gasteiger partial charge in [0.05, 0.1) is 0 Å². The number of nitrogens with one attached hydrogen (secondary N) is 1. The first-order valence-corrected chi connectivity index (χ1v) is 8.69. The molecule has 0 radical (unpaired) electrons. The number of hydrogen-bond acceptors (Lipinski definition) is 4. The van der Waals surface area contributed by atoms with Gasteiger partial charge in [-0.15, -0.1) is 0 Å². The molecule has 0 atom stereocenters. The van der Waals surface area contributed by atoms with Crippen LogP contribution in [0.2, 0.25) is 0 Å². The fourth-order valence-corrected chi connectivity index (χ4v) is 2.63. The molecule has 0 aliphatic heterocycles. The van der Waals surface area contributed by atoms with E-state index in [1.165, 1.54) is 23.1 Å². The summed E-state index contributed by atoms with van der Waals surface area (Å²) < 4.78 is 29.2. The molecule has 0 aliphatic carbocycles. The maximum Gasteiger partial charge on any atom is 0.387 e. The summed E-state index contributed by atoms with van der Waals surface area (Å²) in [6.45, 7) is -2.94. The maximum atomic E-state index is 12.4. The number of rotatable bonds is 6. The summed E-state index contributed by atoms with van der Waals surface area (Å²) in [4.78, 5) is 25.9. The third-order valence-corrected chi connectivity index (χ3v) is 4.29. The Balaban J connectivity index is 1.98. The molecule has 0 unspecified atom stereocenters.